The molecular weight excluding hydrogens is 312 g/mol. The third-order valence-corrected chi connectivity index (χ3v) is 5.31. The number of para-hydroxylation sites is 1. The highest BCUT2D eigenvalue weighted by Crippen LogP contribution is 2.43. The summed E-state index contributed by atoms with van der Waals surface area (Å²) in [4.78, 5) is 14.7. The van der Waals surface area contributed by atoms with Crippen LogP contribution in [-0.2, 0) is 23.4 Å². The average Bonchev–Trinajstić information content (AvgIpc) is 3.23. The summed E-state index contributed by atoms with van der Waals surface area (Å²) in [7, 11) is 0. The average molecular weight is 336 g/mol. The van der Waals surface area contributed by atoms with E-state index in [0.717, 1.165) is 31.5 Å². The second-order valence-corrected chi connectivity index (χ2v) is 6.95. The zero-order valence-corrected chi connectivity index (χ0v) is 14.6. The molecule has 2 aliphatic rings. The van der Waals surface area contributed by atoms with Gasteiger partial charge in [0.25, 0.3) is 0 Å². The first kappa shape index (κ1) is 16.2. The third kappa shape index (κ3) is 2.91. The standard InChI is InChI=1S/C21H24N2O2/c1-2-7-16-8-4-6-11-19(16)22-20(24)23-13-12-21(15-23)18-10-5-3-9-17(18)14-25-21/h3-6,8-11H,2,7,12-15H2,1H3,(H,22,24). The number of anilines is 1. The van der Waals surface area contributed by atoms with Crippen molar-refractivity contribution in [2.45, 2.75) is 38.4 Å². The van der Waals surface area contributed by atoms with E-state index in [4.69, 9.17) is 4.74 Å². The number of nitrogens with zero attached hydrogens (tertiary/aromatic N) is 1. The van der Waals surface area contributed by atoms with Gasteiger partial charge in [-0.2, -0.15) is 0 Å². The summed E-state index contributed by atoms with van der Waals surface area (Å²) in [6, 6.07) is 16.4. The Labute approximate surface area is 148 Å². The molecule has 0 aromatic heterocycles. The van der Waals surface area contributed by atoms with Gasteiger partial charge in [0.1, 0.15) is 5.60 Å². The van der Waals surface area contributed by atoms with Crippen LogP contribution in [0.5, 0.6) is 0 Å². The van der Waals surface area contributed by atoms with Crippen molar-refractivity contribution in [1.29, 1.82) is 0 Å². The van der Waals surface area contributed by atoms with E-state index in [1.165, 1.54) is 16.7 Å². The lowest BCUT2D eigenvalue weighted by atomic mass is 9.92. The van der Waals surface area contributed by atoms with Crippen LogP contribution in [0.3, 0.4) is 0 Å². The lowest BCUT2D eigenvalue weighted by Crippen LogP contribution is -2.37. The second-order valence-electron chi connectivity index (χ2n) is 6.95. The van der Waals surface area contributed by atoms with Crippen LogP contribution < -0.4 is 5.32 Å². The molecule has 1 saturated heterocycles. The minimum atomic E-state index is -0.323. The highest BCUT2D eigenvalue weighted by molar-refractivity contribution is 5.90. The van der Waals surface area contributed by atoms with Gasteiger partial charge < -0.3 is 15.0 Å². The topological polar surface area (TPSA) is 41.6 Å². The highest BCUT2D eigenvalue weighted by Gasteiger charge is 2.46. The summed E-state index contributed by atoms with van der Waals surface area (Å²) in [6.07, 6.45) is 2.88. The van der Waals surface area contributed by atoms with Gasteiger partial charge in [0.15, 0.2) is 0 Å². The molecule has 0 saturated carbocycles. The molecule has 25 heavy (non-hydrogen) atoms. The number of nitrogens with one attached hydrogen (secondary N) is 1. The van der Waals surface area contributed by atoms with Gasteiger partial charge in [0, 0.05) is 18.7 Å². The van der Waals surface area contributed by atoms with Crippen molar-refractivity contribution in [3.8, 4) is 0 Å². The summed E-state index contributed by atoms with van der Waals surface area (Å²) >= 11 is 0. The Morgan fingerprint density at radius 2 is 2.00 bits per heavy atom. The Morgan fingerprint density at radius 1 is 1.20 bits per heavy atom. The molecule has 1 atom stereocenters. The lowest BCUT2D eigenvalue weighted by Gasteiger charge is -2.25. The number of hydrogen-bond donors (Lipinski definition) is 1. The molecule has 0 bridgehead atoms. The molecule has 0 radical (unpaired) electrons. The summed E-state index contributed by atoms with van der Waals surface area (Å²) in [6.45, 7) is 4.13. The first-order valence-corrected chi connectivity index (χ1v) is 9.08. The third-order valence-electron chi connectivity index (χ3n) is 5.31. The molecular formula is C21H24N2O2. The molecule has 1 unspecified atom stereocenters. The Bertz CT molecular complexity index is 789. The molecule has 1 spiro atoms. The van der Waals surface area contributed by atoms with Gasteiger partial charge in [-0.1, -0.05) is 55.8 Å². The van der Waals surface area contributed by atoms with Crippen molar-refractivity contribution in [3.05, 3.63) is 65.2 Å². The first-order chi connectivity index (χ1) is 12.2. The number of urea groups is 1. The second kappa shape index (κ2) is 6.52. The molecule has 1 N–H and O–H groups in total. The van der Waals surface area contributed by atoms with Crippen LogP contribution in [0.1, 0.15) is 36.5 Å². The SMILES string of the molecule is CCCc1ccccc1NC(=O)N1CCC2(C1)OCc1ccccc12. The van der Waals surface area contributed by atoms with Gasteiger partial charge in [-0.25, -0.2) is 4.79 Å². The van der Waals surface area contributed by atoms with Gasteiger partial charge in [-0.05, 0) is 29.2 Å². The number of hydrogen-bond acceptors (Lipinski definition) is 2. The van der Waals surface area contributed by atoms with Gasteiger partial charge in [-0.3, -0.25) is 0 Å². The zero-order chi connectivity index (χ0) is 17.3. The van der Waals surface area contributed by atoms with Crippen molar-refractivity contribution in [3.63, 3.8) is 0 Å². The van der Waals surface area contributed by atoms with E-state index < -0.39 is 0 Å². The summed E-state index contributed by atoms with van der Waals surface area (Å²) in [5.74, 6) is 0. The molecule has 2 heterocycles. The maximum Gasteiger partial charge on any atom is 0.321 e. The number of carbonyl (C=O) groups is 1. The predicted octanol–water partition coefficient (Wildman–Crippen LogP) is 4.30. The number of ether oxygens (including phenoxy) is 1. The van der Waals surface area contributed by atoms with Crippen molar-refractivity contribution in [2.75, 3.05) is 18.4 Å². The molecule has 130 valence electrons. The van der Waals surface area contributed by atoms with Crippen molar-refractivity contribution < 1.29 is 9.53 Å². The zero-order valence-electron chi connectivity index (χ0n) is 14.6. The van der Waals surface area contributed by atoms with Crippen LogP contribution in [0.25, 0.3) is 0 Å². The largest absolute Gasteiger partial charge is 0.364 e. The van der Waals surface area contributed by atoms with Gasteiger partial charge in [-0.15, -0.1) is 0 Å². The molecule has 2 aromatic carbocycles. The highest BCUT2D eigenvalue weighted by atomic mass is 16.5. The van der Waals surface area contributed by atoms with E-state index in [-0.39, 0.29) is 11.6 Å². The summed E-state index contributed by atoms with van der Waals surface area (Å²) in [5, 5.41) is 3.10. The molecule has 2 amide bonds. The number of carbonyl (C=O) groups excluding carboxylic acids is 1. The first-order valence-electron chi connectivity index (χ1n) is 9.08. The molecule has 4 nitrogen and oxygen atoms in total. The normalized spacial score (nSPS) is 21.6. The molecule has 2 aliphatic heterocycles. The van der Waals surface area contributed by atoms with Gasteiger partial charge in [0.05, 0.1) is 13.2 Å². The van der Waals surface area contributed by atoms with Gasteiger partial charge in [0.2, 0.25) is 0 Å². The maximum atomic E-state index is 12.8. The quantitative estimate of drug-likeness (QED) is 0.908. The van der Waals surface area contributed by atoms with Crippen LogP contribution in [0, 0.1) is 0 Å². The fraction of sp³-hybridized carbons (Fsp3) is 0.381. The van der Waals surface area contributed by atoms with E-state index in [1.807, 2.05) is 29.2 Å². The van der Waals surface area contributed by atoms with E-state index in [2.05, 4.69) is 36.5 Å². The minimum Gasteiger partial charge on any atom is -0.364 e. The Hall–Kier alpha value is -2.33. The number of amides is 2. The van der Waals surface area contributed by atoms with Crippen LogP contribution in [0.2, 0.25) is 0 Å². The van der Waals surface area contributed by atoms with Crippen LogP contribution in [0.15, 0.2) is 48.5 Å². The fourth-order valence-corrected chi connectivity index (χ4v) is 4.00. The summed E-state index contributed by atoms with van der Waals surface area (Å²) < 4.78 is 6.14. The number of aryl methyl sites for hydroxylation is 1. The fourth-order valence-electron chi connectivity index (χ4n) is 4.00. The van der Waals surface area contributed by atoms with E-state index in [9.17, 15) is 4.79 Å². The van der Waals surface area contributed by atoms with E-state index in [1.54, 1.807) is 0 Å². The number of fused-ring (bicyclic) bond motifs is 2. The summed E-state index contributed by atoms with van der Waals surface area (Å²) in [5.41, 5.74) is 4.28. The predicted molar refractivity (Wildman–Crippen MR) is 98.6 cm³/mol. The number of rotatable bonds is 3. The molecule has 0 aliphatic carbocycles. The molecule has 4 rings (SSSR count). The minimum absolute atomic E-state index is 0.0339. The Kier molecular flexibility index (Phi) is 4.22. The van der Waals surface area contributed by atoms with Crippen LogP contribution >= 0.6 is 0 Å². The molecule has 2 aromatic rings. The van der Waals surface area contributed by atoms with E-state index in [0.29, 0.717) is 13.2 Å². The monoisotopic (exact) mass is 336 g/mol. The van der Waals surface area contributed by atoms with Crippen LogP contribution in [0.4, 0.5) is 10.5 Å². The number of benzene rings is 2. The van der Waals surface area contributed by atoms with Crippen molar-refractivity contribution in [2.24, 2.45) is 0 Å². The smallest absolute Gasteiger partial charge is 0.321 e. The maximum absolute atomic E-state index is 12.8. The van der Waals surface area contributed by atoms with Gasteiger partial charge >= 0.3 is 6.03 Å². The Balaban J connectivity index is 1.49. The van der Waals surface area contributed by atoms with Crippen LogP contribution in [-0.4, -0.2) is 24.0 Å². The van der Waals surface area contributed by atoms with Crippen molar-refractivity contribution in [1.82, 2.24) is 4.90 Å². The molecule has 4 heteroatoms. The Morgan fingerprint density at radius 3 is 2.88 bits per heavy atom. The lowest BCUT2D eigenvalue weighted by molar-refractivity contribution is -0.0269. The van der Waals surface area contributed by atoms with E-state index >= 15 is 0 Å². The number of likely N-dealkylation sites (tertiary alicyclic amines) is 1. The molecule has 1 fully saturated rings. The van der Waals surface area contributed by atoms with Crippen molar-refractivity contribution >= 4 is 11.7 Å².